The van der Waals surface area contributed by atoms with Crippen LogP contribution in [-0.4, -0.2) is 43.8 Å². The van der Waals surface area contributed by atoms with Gasteiger partial charge in [-0.25, -0.2) is 17.2 Å². The van der Waals surface area contributed by atoms with Gasteiger partial charge in [0.2, 0.25) is 10.0 Å². The van der Waals surface area contributed by atoms with Crippen LogP contribution in [0.1, 0.15) is 18.5 Å². The van der Waals surface area contributed by atoms with Crippen molar-refractivity contribution < 1.29 is 17.2 Å². The molecular formula is C18H20F2N2O2S. The van der Waals surface area contributed by atoms with Crippen LogP contribution in [0, 0.1) is 11.6 Å². The highest BCUT2D eigenvalue weighted by Crippen LogP contribution is 2.24. The molecule has 0 saturated carbocycles. The van der Waals surface area contributed by atoms with Gasteiger partial charge in [0.15, 0.2) is 0 Å². The molecular weight excluding hydrogens is 346 g/mol. The molecule has 1 fully saturated rings. The number of halogens is 2. The van der Waals surface area contributed by atoms with Gasteiger partial charge >= 0.3 is 0 Å². The first-order valence-electron chi connectivity index (χ1n) is 8.13. The third kappa shape index (κ3) is 3.89. The molecule has 0 aliphatic carbocycles. The van der Waals surface area contributed by atoms with Crippen LogP contribution in [0.15, 0.2) is 53.4 Å². The topological polar surface area (TPSA) is 40.6 Å². The van der Waals surface area contributed by atoms with E-state index in [1.807, 2.05) is 6.92 Å². The van der Waals surface area contributed by atoms with Crippen LogP contribution in [0.3, 0.4) is 0 Å². The van der Waals surface area contributed by atoms with E-state index in [-0.39, 0.29) is 16.8 Å². The number of sulfonamides is 1. The maximum Gasteiger partial charge on any atom is 0.243 e. The van der Waals surface area contributed by atoms with Gasteiger partial charge in [-0.1, -0.05) is 18.2 Å². The molecule has 2 aromatic rings. The summed E-state index contributed by atoms with van der Waals surface area (Å²) in [5.41, 5.74) is 0.989. The average molecular weight is 366 g/mol. The Morgan fingerprint density at radius 3 is 2.16 bits per heavy atom. The van der Waals surface area contributed by atoms with Crippen molar-refractivity contribution in [3.05, 3.63) is 65.7 Å². The van der Waals surface area contributed by atoms with Gasteiger partial charge in [0.1, 0.15) is 11.6 Å². The van der Waals surface area contributed by atoms with Gasteiger partial charge in [0.05, 0.1) is 4.90 Å². The summed E-state index contributed by atoms with van der Waals surface area (Å²) in [5, 5.41) is 0. The van der Waals surface area contributed by atoms with Crippen molar-refractivity contribution in [1.29, 1.82) is 0 Å². The second-order valence-corrected chi connectivity index (χ2v) is 8.06. The molecule has 1 aliphatic heterocycles. The molecule has 2 aromatic carbocycles. The van der Waals surface area contributed by atoms with E-state index in [1.54, 1.807) is 12.1 Å². The largest absolute Gasteiger partial charge is 0.294 e. The van der Waals surface area contributed by atoms with Crippen LogP contribution in [0.2, 0.25) is 0 Å². The van der Waals surface area contributed by atoms with E-state index >= 15 is 0 Å². The van der Waals surface area contributed by atoms with Gasteiger partial charge in [-0.3, -0.25) is 4.90 Å². The molecule has 7 heteroatoms. The molecule has 0 bridgehead atoms. The third-order valence-corrected chi connectivity index (χ3v) is 6.50. The Kier molecular flexibility index (Phi) is 5.17. The normalized spacial score (nSPS) is 18.2. The second kappa shape index (κ2) is 7.19. The van der Waals surface area contributed by atoms with E-state index in [0.717, 1.165) is 11.6 Å². The Bertz CT molecular complexity index is 832. The first-order valence-corrected chi connectivity index (χ1v) is 9.57. The number of hydrogen-bond acceptors (Lipinski definition) is 3. The average Bonchev–Trinajstić information content (AvgIpc) is 2.62. The summed E-state index contributed by atoms with van der Waals surface area (Å²) in [6.07, 6.45) is 0. The van der Waals surface area contributed by atoms with Gasteiger partial charge in [0.25, 0.3) is 0 Å². The van der Waals surface area contributed by atoms with Crippen LogP contribution >= 0.6 is 0 Å². The molecule has 0 spiro atoms. The summed E-state index contributed by atoms with van der Waals surface area (Å²) >= 11 is 0. The summed E-state index contributed by atoms with van der Waals surface area (Å²) < 4.78 is 53.0. The van der Waals surface area contributed by atoms with Crippen molar-refractivity contribution in [2.24, 2.45) is 0 Å². The Labute approximate surface area is 146 Å². The van der Waals surface area contributed by atoms with E-state index < -0.39 is 15.8 Å². The van der Waals surface area contributed by atoms with Crippen LogP contribution < -0.4 is 0 Å². The molecule has 4 nitrogen and oxygen atoms in total. The van der Waals surface area contributed by atoms with Gasteiger partial charge in [-0.05, 0) is 42.8 Å². The molecule has 25 heavy (non-hydrogen) atoms. The minimum absolute atomic E-state index is 0.0208. The molecule has 0 aromatic heterocycles. The fourth-order valence-corrected chi connectivity index (χ4v) is 4.51. The lowest BCUT2D eigenvalue weighted by Gasteiger charge is -2.37. The fraction of sp³-hybridized carbons (Fsp3) is 0.333. The van der Waals surface area contributed by atoms with Crippen LogP contribution in [0.5, 0.6) is 0 Å². The molecule has 0 radical (unpaired) electrons. The number of hydrogen-bond donors (Lipinski definition) is 0. The van der Waals surface area contributed by atoms with Crippen LogP contribution in [0.4, 0.5) is 8.78 Å². The van der Waals surface area contributed by atoms with Crippen molar-refractivity contribution in [2.75, 3.05) is 26.2 Å². The summed E-state index contributed by atoms with van der Waals surface area (Å²) in [6.45, 7) is 3.82. The lowest BCUT2D eigenvalue weighted by molar-refractivity contribution is 0.146. The molecule has 3 rings (SSSR count). The first kappa shape index (κ1) is 18.0. The summed E-state index contributed by atoms with van der Waals surface area (Å²) in [5.74, 6) is -0.841. The molecule has 1 saturated heterocycles. The van der Waals surface area contributed by atoms with E-state index in [9.17, 15) is 17.2 Å². The third-order valence-electron chi connectivity index (χ3n) is 4.61. The first-order chi connectivity index (χ1) is 11.9. The quantitative estimate of drug-likeness (QED) is 0.835. The van der Waals surface area contributed by atoms with Gasteiger partial charge in [-0.2, -0.15) is 4.31 Å². The molecule has 0 amide bonds. The summed E-state index contributed by atoms with van der Waals surface area (Å²) in [7, 11) is -3.69. The second-order valence-electron chi connectivity index (χ2n) is 6.12. The van der Waals surface area contributed by atoms with Crippen molar-refractivity contribution in [3.63, 3.8) is 0 Å². The fourth-order valence-electron chi connectivity index (χ4n) is 3.06. The maximum atomic E-state index is 13.3. The van der Waals surface area contributed by atoms with E-state index in [2.05, 4.69) is 4.90 Å². The van der Waals surface area contributed by atoms with Crippen molar-refractivity contribution in [2.45, 2.75) is 17.9 Å². The molecule has 1 aliphatic rings. The van der Waals surface area contributed by atoms with Crippen molar-refractivity contribution in [3.8, 4) is 0 Å². The van der Waals surface area contributed by atoms with Crippen LogP contribution in [-0.2, 0) is 10.0 Å². The number of benzene rings is 2. The van der Waals surface area contributed by atoms with Crippen molar-refractivity contribution >= 4 is 10.0 Å². The Morgan fingerprint density at radius 1 is 0.920 bits per heavy atom. The molecule has 1 atom stereocenters. The van der Waals surface area contributed by atoms with E-state index in [1.165, 1.54) is 34.6 Å². The zero-order valence-electron chi connectivity index (χ0n) is 13.9. The predicted molar refractivity (Wildman–Crippen MR) is 91.5 cm³/mol. The summed E-state index contributed by atoms with van der Waals surface area (Å²) in [4.78, 5) is 2.14. The Balaban J connectivity index is 1.68. The maximum absolute atomic E-state index is 13.3. The van der Waals surface area contributed by atoms with E-state index in [0.29, 0.717) is 26.2 Å². The highest BCUT2D eigenvalue weighted by atomic mass is 32.2. The van der Waals surface area contributed by atoms with Gasteiger partial charge in [0, 0.05) is 32.2 Å². The standard InChI is InChI=1S/C18H20F2N2O2S/c1-14(15-5-7-16(19)8-6-15)21-9-11-22(12-10-21)25(23,24)18-4-2-3-17(20)13-18/h2-8,13-14H,9-12H2,1H3/t14-/m1/s1. The molecule has 134 valence electrons. The van der Waals surface area contributed by atoms with Crippen molar-refractivity contribution in [1.82, 2.24) is 9.21 Å². The molecule has 0 N–H and O–H groups in total. The van der Waals surface area contributed by atoms with Crippen LogP contribution in [0.25, 0.3) is 0 Å². The zero-order chi connectivity index (χ0) is 18.0. The minimum Gasteiger partial charge on any atom is -0.294 e. The van der Waals surface area contributed by atoms with Gasteiger partial charge in [-0.15, -0.1) is 0 Å². The number of piperazine rings is 1. The van der Waals surface area contributed by atoms with E-state index in [4.69, 9.17) is 0 Å². The monoisotopic (exact) mass is 366 g/mol. The highest BCUT2D eigenvalue weighted by molar-refractivity contribution is 7.89. The molecule has 0 unspecified atom stereocenters. The Morgan fingerprint density at radius 2 is 1.56 bits per heavy atom. The number of nitrogens with zero attached hydrogens (tertiary/aromatic N) is 2. The zero-order valence-corrected chi connectivity index (χ0v) is 14.7. The SMILES string of the molecule is C[C@H](c1ccc(F)cc1)N1CCN(S(=O)(=O)c2cccc(F)c2)CC1. The minimum atomic E-state index is -3.69. The summed E-state index contributed by atoms with van der Waals surface area (Å²) in [6, 6.07) is 11.5. The lowest BCUT2D eigenvalue weighted by Crippen LogP contribution is -2.49. The Hall–Kier alpha value is -1.83. The smallest absolute Gasteiger partial charge is 0.243 e. The number of rotatable bonds is 4. The lowest BCUT2D eigenvalue weighted by atomic mass is 10.1. The highest BCUT2D eigenvalue weighted by Gasteiger charge is 2.30. The predicted octanol–water partition coefficient (Wildman–Crippen LogP) is 3.03. The van der Waals surface area contributed by atoms with Gasteiger partial charge < -0.3 is 0 Å². The molecule has 1 heterocycles.